The van der Waals surface area contributed by atoms with Crippen molar-refractivity contribution in [3.05, 3.63) is 59.2 Å². The number of nitrogens with zero attached hydrogens (tertiary/aromatic N) is 3. The van der Waals surface area contributed by atoms with E-state index in [1.54, 1.807) is 23.1 Å². The number of hydrogen-bond acceptors (Lipinski definition) is 5. The lowest BCUT2D eigenvalue weighted by molar-refractivity contribution is 0.0729. The Morgan fingerprint density at radius 2 is 1.69 bits per heavy atom. The van der Waals surface area contributed by atoms with E-state index in [0.717, 1.165) is 16.8 Å². The van der Waals surface area contributed by atoms with Crippen molar-refractivity contribution in [1.82, 2.24) is 9.21 Å². The van der Waals surface area contributed by atoms with Gasteiger partial charge in [0.15, 0.2) is 0 Å². The van der Waals surface area contributed by atoms with Gasteiger partial charge < -0.3 is 14.5 Å². The molecule has 1 amide bonds. The number of sulfonamides is 1. The van der Waals surface area contributed by atoms with Gasteiger partial charge in [-0.2, -0.15) is 4.31 Å². The van der Waals surface area contributed by atoms with Crippen molar-refractivity contribution >= 4 is 21.6 Å². The summed E-state index contributed by atoms with van der Waals surface area (Å²) in [5, 5.41) is 0. The van der Waals surface area contributed by atoms with Crippen LogP contribution in [0.5, 0.6) is 0 Å². The molecule has 0 radical (unpaired) electrons. The molecule has 8 heteroatoms. The van der Waals surface area contributed by atoms with Crippen LogP contribution in [-0.4, -0.2) is 70.5 Å². The maximum atomic E-state index is 13.3. The molecule has 2 aromatic rings. The lowest BCUT2D eigenvalue weighted by Crippen LogP contribution is -2.41. The molecular weight excluding hydrogens is 426 g/mol. The third-order valence-electron chi connectivity index (χ3n) is 5.78. The predicted octanol–water partition coefficient (Wildman–Crippen LogP) is 3.00. The van der Waals surface area contributed by atoms with Gasteiger partial charge in [0.25, 0.3) is 5.91 Å². The van der Waals surface area contributed by atoms with Crippen molar-refractivity contribution in [3.63, 3.8) is 0 Å². The van der Waals surface area contributed by atoms with E-state index in [0.29, 0.717) is 51.4 Å². The van der Waals surface area contributed by atoms with Crippen LogP contribution in [0.1, 0.15) is 35.3 Å². The van der Waals surface area contributed by atoms with Crippen molar-refractivity contribution in [2.75, 3.05) is 51.8 Å². The number of carbonyl (C=O) groups excluding carboxylic acids is 1. The molecule has 1 fully saturated rings. The van der Waals surface area contributed by atoms with Crippen LogP contribution < -0.4 is 4.90 Å². The number of carbonyl (C=O) groups is 1. The fraction of sp³-hybridized carbons (Fsp3) is 0.458. The average molecular weight is 460 g/mol. The zero-order chi connectivity index (χ0) is 23.3. The Hall–Kier alpha value is -2.42. The summed E-state index contributed by atoms with van der Waals surface area (Å²) in [5.41, 5.74) is 3.23. The third kappa shape index (κ3) is 5.31. The summed E-state index contributed by atoms with van der Waals surface area (Å²) in [6.07, 6.45) is 0.573. The van der Waals surface area contributed by atoms with Gasteiger partial charge in [-0.1, -0.05) is 25.1 Å². The number of aryl methyl sites for hydroxylation is 1. The number of amides is 1. The van der Waals surface area contributed by atoms with E-state index in [4.69, 9.17) is 4.74 Å². The zero-order valence-electron chi connectivity index (χ0n) is 19.4. The fourth-order valence-corrected chi connectivity index (χ4v) is 5.50. The molecule has 0 atom stereocenters. The van der Waals surface area contributed by atoms with Crippen LogP contribution in [0.15, 0.2) is 47.4 Å². The minimum Gasteiger partial charge on any atom is -0.379 e. The van der Waals surface area contributed by atoms with Gasteiger partial charge in [0, 0.05) is 51.5 Å². The summed E-state index contributed by atoms with van der Waals surface area (Å²) in [6, 6.07) is 13.1. The molecule has 0 spiro atoms. The normalized spacial score (nSPS) is 14.9. The summed E-state index contributed by atoms with van der Waals surface area (Å²) in [4.78, 5) is 17.3. The highest BCUT2D eigenvalue weighted by Gasteiger charge is 2.29. The van der Waals surface area contributed by atoms with E-state index >= 15 is 0 Å². The standard InChI is InChI=1S/C24H33N3O4S/c1-5-20-9-10-21(17-23(20)32(29,30)27-13-15-31-16-14-27)24(28)26(6-2)18-19-7-11-22(12-8-19)25(3)4/h7-12,17H,5-6,13-16,18H2,1-4H3. The van der Waals surface area contributed by atoms with Gasteiger partial charge in [0.1, 0.15) is 0 Å². The van der Waals surface area contributed by atoms with Crippen LogP contribution in [0.3, 0.4) is 0 Å². The molecule has 0 N–H and O–H groups in total. The second-order valence-electron chi connectivity index (χ2n) is 8.07. The van der Waals surface area contributed by atoms with Crippen molar-refractivity contribution < 1.29 is 17.9 Å². The highest BCUT2D eigenvalue weighted by Crippen LogP contribution is 2.24. The van der Waals surface area contributed by atoms with Gasteiger partial charge in [-0.15, -0.1) is 0 Å². The molecule has 0 saturated carbocycles. The van der Waals surface area contributed by atoms with E-state index in [1.807, 2.05) is 57.1 Å². The molecule has 1 aliphatic heterocycles. The maximum Gasteiger partial charge on any atom is 0.254 e. The summed E-state index contributed by atoms with van der Waals surface area (Å²) >= 11 is 0. The van der Waals surface area contributed by atoms with Crippen LogP contribution in [0.2, 0.25) is 0 Å². The molecule has 0 aliphatic carbocycles. The second kappa shape index (κ2) is 10.5. The summed E-state index contributed by atoms with van der Waals surface area (Å²) in [6.45, 7) is 6.26. The Balaban J connectivity index is 1.87. The van der Waals surface area contributed by atoms with Crippen LogP contribution in [0.25, 0.3) is 0 Å². The Bertz CT molecular complexity index is 1030. The first-order valence-electron chi connectivity index (χ1n) is 11.0. The van der Waals surface area contributed by atoms with E-state index < -0.39 is 10.0 Å². The first kappa shape index (κ1) is 24.2. The number of rotatable bonds is 8. The largest absolute Gasteiger partial charge is 0.379 e. The van der Waals surface area contributed by atoms with Gasteiger partial charge >= 0.3 is 0 Å². The topological polar surface area (TPSA) is 70.2 Å². The molecule has 1 aliphatic rings. The second-order valence-corrected chi connectivity index (χ2v) is 9.98. The van der Waals surface area contributed by atoms with E-state index in [9.17, 15) is 13.2 Å². The molecule has 0 aromatic heterocycles. The van der Waals surface area contributed by atoms with Gasteiger partial charge in [-0.25, -0.2) is 8.42 Å². The first-order chi connectivity index (χ1) is 15.3. The van der Waals surface area contributed by atoms with Gasteiger partial charge in [0.2, 0.25) is 10.0 Å². The SMILES string of the molecule is CCc1ccc(C(=O)N(CC)Cc2ccc(N(C)C)cc2)cc1S(=O)(=O)N1CCOCC1. The highest BCUT2D eigenvalue weighted by molar-refractivity contribution is 7.89. The number of benzene rings is 2. The fourth-order valence-electron chi connectivity index (χ4n) is 3.78. The number of anilines is 1. The van der Waals surface area contributed by atoms with Crippen LogP contribution in [0.4, 0.5) is 5.69 Å². The quantitative estimate of drug-likeness (QED) is 0.607. The first-order valence-corrected chi connectivity index (χ1v) is 12.5. The minimum atomic E-state index is -3.69. The third-order valence-corrected chi connectivity index (χ3v) is 7.76. The molecular formula is C24H33N3O4S. The molecule has 7 nitrogen and oxygen atoms in total. The maximum absolute atomic E-state index is 13.3. The van der Waals surface area contributed by atoms with Crippen LogP contribution in [-0.2, 0) is 27.7 Å². The Labute approximate surface area is 191 Å². The van der Waals surface area contributed by atoms with Gasteiger partial charge in [-0.05, 0) is 48.7 Å². The molecule has 174 valence electrons. The van der Waals surface area contributed by atoms with Crippen molar-refractivity contribution in [2.45, 2.75) is 31.7 Å². The molecule has 3 rings (SSSR count). The molecule has 0 bridgehead atoms. The summed E-state index contributed by atoms with van der Waals surface area (Å²) < 4.78 is 33.4. The Morgan fingerprint density at radius 1 is 1.03 bits per heavy atom. The number of ether oxygens (including phenoxy) is 1. The van der Waals surface area contributed by atoms with E-state index in [1.165, 1.54) is 4.31 Å². The smallest absolute Gasteiger partial charge is 0.254 e. The lowest BCUT2D eigenvalue weighted by atomic mass is 10.1. The van der Waals surface area contributed by atoms with E-state index in [-0.39, 0.29) is 10.8 Å². The van der Waals surface area contributed by atoms with Crippen molar-refractivity contribution in [2.24, 2.45) is 0 Å². The summed E-state index contributed by atoms with van der Waals surface area (Å²) in [7, 11) is 0.284. The summed E-state index contributed by atoms with van der Waals surface area (Å²) in [5.74, 6) is -0.176. The molecule has 0 unspecified atom stereocenters. The Kier molecular flexibility index (Phi) is 7.92. The van der Waals surface area contributed by atoms with Crippen LogP contribution in [0, 0.1) is 0 Å². The zero-order valence-corrected chi connectivity index (χ0v) is 20.2. The van der Waals surface area contributed by atoms with Crippen molar-refractivity contribution in [1.29, 1.82) is 0 Å². The van der Waals surface area contributed by atoms with E-state index in [2.05, 4.69) is 0 Å². The molecule has 2 aromatic carbocycles. The molecule has 1 heterocycles. The van der Waals surface area contributed by atoms with Gasteiger partial charge in [-0.3, -0.25) is 4.79 Å². The Morgan fingerprint density at radius 3 is 2.25 bits per heavy atom. The minimum absolute atomic E-state index is 0.176. The number of morpholine rings is 1. The highest BCUT2D eigenvalue weighted by atomic mass is 32.2. The molecule has 1 saturated heterocycles. The number of hydrogen-bond donors (Lipinski definition) is 0. The van der Waals surface area contributed by atoms with Crippen LogP contribution >= 0.6 is 0 Å². The predicted molar refractivity (Wildman–Crippen MR) is 127 cm³/mol. The van der Waals surface area contributed by atoms with Gasteiger partial charge in [0.05, 0.1) is 18.1 Å². The molecule has 32 heavy (non-hydrogen) atoms. The monoisotopic (exact) mass is 459 g/mol. The van der Waals surface area contributed by atoms with Crippen molar-refractivity contribution in [3.8, 4) is 0 Å². The lowest BCUT2D eigenvalue weighted by Gasteiger charge is -2.27. The average Bonchev–Trinajstić information content (AvgIpc) is 2.82.